The fraction of sp³-hybridized carbons (Fsp3) is 0.741. The molecule has 254 valence electrons. The number of methoxy groups -OCH3 is 3. The quantitative estimate of drug-likeness (QED) is 0.132. The van der Waals surface area contributed by atoms with Gasteiger partial charge in [-0.2, -0.15) is 9.97 Å². The van der Waals surface area contributed by atoms with Crippen LogP contribution in [0.15, 0.2) is 6.33 Å². The van der Waals surface area contributed by atoms with Crippen LogP contribution in [0.4, 0.5) is 5.95 Å². The van der Waals surface area contributed by atoms with Gasteiger partial charge in [-0.3, -0.25) is 14.2 Å². The van der Waals surface area contributed by atoms with Gasteiger partial charge < -0.3 is 44.0 Å². The van der Waals surface area contributed by atoms with E-state index in [1.807, 2.05) is 27.7 Å². The van der Waals surface area contributed by atoms with Crippen LogP contribution in [0, 0.1) is 11.8 Å². The molecule has 17 nitrogen and oxygen atoms in total. The number of imidazole rings is 1. The zero-order valence-corrected chi connectivity index (χ0v) is 27.8. The summed E-state index contributed by atoms with van der Waals surface area (Å²) < 4.78 is 42.6. The Bertz CT molecular complexity index is 1330. The van der Waals surface area contributed by atoms with Crippen molar-refractivity contribution in [3.05, 3.63) is 6.33 Å². The Hall–Kier alpha value is -2.92. The maximum atomic E-state index is 14.3. The molecule has 0 aromatic carbocycles. The van der Waals surface area contributed by atoms with Crippen LogP contribution < -0.4 is 20.6 Å². The zero-order valence-electron chi connectivity index (χ0n) is 26.9. The number of carbonyl (C=O) groups excluding carboxylic acids is 2. The number of hydrogen-bond donors (Lipinski definition) is 5. The van der Waals surface area contributed by atoms with E-state index in [2.05, 4.69) is 25.1 Å². The molecule has 0 amide bonds. The molecule has 2 aromatic rings. The van der Waals surface area contributed by atoms with Gasteiger partial charge in [0.05, 0.1) is 46.9 Å². The average molecular weight is 660 g/mol. The van der Waals surface area contributed by atoms with Crippen LogP contribution in [0.5, 0.6) is 5.88 Å². The third-order valence-electron chi connectivity index (χ3n) is 7.49. The lowest BCUT2D eigenvalue weighted by Gasteiger charge is -2.45. The van der Waals surface area contributed by atoms with E-state index < -0.39 is 62.2 Å². The van der Waals surface area contributed by atoms with Gasteiger partial charge in [-0.15, -0.1) is 0 Å². The summed E-state index contributed by atoms with van der Waals surface area (Å²) in [5.41, 5.74) is 4.55. The smallest absolute Gasteiger partial charge is 0.342 e. The van der Waals surface area contributed by atoms with Crippen molar-refractivity contribution in [2.75, 3.05) is 40.3 Å². The largest absolute Gasteiger partial charge is 0.479 e. The molecule has 6 N–H and O–H groups in total. The molecule has 6 atom stereocenters. The van der Waals surface area contributed by atoms with Crippen molar-refractivity contribution >= 4 is 36.7 Å². The van der Waals surface area contributed by atoms with E-state index >= 15 is 0 Å². The lowest BCUT2D eigenvalue weighted by Crippen LogP contribution is -2.60. The van der Waals surface area contributed by atoms with Gasteiger partial charge in [-0.05, 0) is 31.6 Å². The molecule has 2 aromatic heterocycles. The van der Waals surface area contributed by atoms with E-state index in [1.54, 1.807) is 0 Å². The highest BCUT2D eigenvalue weighted by atomic mass is 31.2. The van der Waals surface area contributed by atoms with Crippen LogP contribution in [-0.2, 0) is 32.9 Å². The molecule has 6 unspecified atom stereocenters. The Morgan fingerprint density at radius 3 is 2.16 bits per heavy atom. The van der Waals surface area contributed by atoms with Crippen LogP contribution in [0.25, 0.3) is 11.2 Å². The van der Waals surface area contributed by atoms with Crippen LogP contribution in [-0.4, -0.2) is 106 Å². The zero-order chi connectivity index (χ0) is 33.7. The molecule has 0 saturated carbocycles. The average Bonchev–Trinajstić information content (AvgIpc) is 3.38. The second kappa shape index (κ2) is 15.1. The van der Waals surface area contributed by atoms with Gasteiger partial charge in [-0.1, -0.05) is 27.7 Å². The number of ether oxygens (including phenoxy) is 4. The number of nitrogens with zero attached hydrogens (tertiary/aromatic N) is 4. The summed E-state index contributed by atoms with van der Waals surface area (Å²) >= 11 is 0. The van der Waals surface area contributed by atoms with Crippen molar-refractivity contribution < 1.29 is 47.8 Å². The predicted octanol–water partition coefficient (Wildman–Crippen LogP) is 0.948. The normalized spacial score (nSPS) is 24.8. The summed E-state index contributed by atoms with van der Waals surface area (Å²) in [6.07, 6.45) is -0.863. The number of hydrogen-bond acceptors (Lipinski definition) is 14. The van der Waals surface area contributed by atoms with Crippen LogP contribution >= 0.6 is 7.67 Å². The van der Waals surface area contributed by atoms with Crippen molar-refractivity contribution in [1.29, 1.82) is 0 Å². The summed E-state index contributed by atoms with van der Waals surface area (Å²) in [7, 11) is -0.441. The van der Waals surface area contributed by atoms with Crippen LogP contribution in [0.3, 0.4) is 0 Å². The number of nitrogen functional groups attached to an aromatic ring is 1. The third kappa shape index (κ3) is 8.67. The molecule has 1 aliphatic rings. The lowest BCUT2D eigenvalue weighted by atomic mass is 9.85. The number of aliphatic hydroxyl groups is 2. The van der Waals surface area contributed by atoms with Crippen molar-refractivity contribution in [3.63, 3.8) is 0 Å². The van der Waals surface area contributed by atoms with E-state index in [1.165, 1.54) is 39.1 Å². The second-order valence-corrected chi connectivity index (χ2v) is 13.9. The fourth-order valence-corrected chi connectivity index (χ4v) is 6.98. The Morgan fingerprint density at radius 1 is 1.11 bits per heavy atom. The highest BCUT2D eigenvalue weighted by Gasteiger charge is 2.50. The summed E-state index contributed by atoms with van der Waals surface area (Å²) in [4.78, 5) is 37.7. The standard InChI is InChI=1S/C27H46N7O10P/c1-14(2)9-16(24(36)41-7)32-45(39,33-17(10-15(3)4)25(37)42-8)44-11-18-21(35)27(5,38)19(12-43-18)34-13-29-20-22(34)30-26(28)31-23(20)40-6/h13-19,21,35,38H,9-12H2,1-8H3,(H2,28,30,31)(H2,32,33,39). The summed E-state index contributed by atoms with van der Waals surface area (Å²) in [5, 5.41) is 28.3. The Kier molecular flexibility index (Phi) is 12.3. The van der Waals surface area contributed by atoms with Crippen molar-refractivity contribution in [1.82, 2.24) is 29.7 Å². The number of aromatic nitrogens is 4. The van der Waals surface area contributed by atoms with E-state index in [-0.39, 0.29) is 48.8 Å². The van der Waals surface area contributed by atoms with E-state index in [0.717, 1.165) is 0 Å². The molecule has 0 radical (unpaired) electrons. The highest BCUT2D eigenvalue weighted by Crippen LogP contribution is 2.43. The molecule has 3 heterocycles. The van der Waals surface area contributed by atoms with Crippen LogP contribution in [0.1, 0.15) is 53.5 Å². The molecule has 0 spiro atoms. The SMILES string of the molecule is COC(=O)C(CC(C)C)NP(=O)(NC(CC(C)C)C(=O)OC)OCC1OCC(n2cnc3c(OC)nc(N)nc32)C(C)(O)C1O. The maximum Gasteiger partial charge on any atom is 0.342 e. The molecule has 3 rings (SSSR count). The monoisotopic (exact) mass is 659 g/mol. The number of anilines is 1. The van der Waals surface area contributed by atoms with E-state index in [0.29, 0.717) is 5.52 Å². The van der Waals surface area contributed by atoms with Gasteiger partial charge in [0.25, 0.3) is 0 Å². The Balaban J connectivity index is 1.88. The molecule has 1 fully saturated rings. The second-order valence-electron chi connectivity index (χ2n) is 12.0. The predicted molar refractivity (Wildman–Crippen MR) is 162 cm³/mol. The molecule has 0 bridgehead atoms. The first-order valence-electron chi connectivity index (χ1n) is 14.6. The summed E-state index contributed by atoms with van der Waals surface area (Å²) in [6, 6.07) is -3.01. The first-order valence-corrected chi connectivity index (χ1v) is 16.2. The minimum Gasteiger partial charge on any atom is -0.479 e. The number of rotatable bonds is 15. The van der Waals surface area contributed by atoms with Gasteiger partial charge >= 0.3 is 19.6 Å². The first-order chi connectivity index (χ1) is 21.1. The topological polar surface area (TPSA) is 232 Å². The molecule has 18 heteroatoms. The molecule has 45 heavy (non-hydrogen) atoms. The number of fused-ring (bicyclic) bond motifs is 1. The van der Waals surface area contributed by atoms with E-state index in [9.17, 15) is 24.4 Å². The maximum absolute atomic E-state index is 14.3. The van der Waals surface area contributed by atoms with Gasteiger partial charge in [0.1, 0.15) is 29.9 Å². The van der Waals surface area contributed by atoms with E-state index in [4.69, 9.17) is 29.2 Å². The van der Waals surface area contributed by atoms with Crippen LogP contribution in [0.2, 0.25) is 0 Å². The van der Waals surface area contributed by atoms with Gasteiger partial charge in [-0.25, -0.2) is 15.2 Å². The first kappa shape index (κ1) is 36.5. The van der Waals surface area contributed by atoms with Crippen molar-refractivity contribution in [2.45, 2.75) is 83.4 Å². The molecule has 0 aliphatic carbocycles. The molecular formula is C27H46N7O10P. The minimum atomic E-state index is -4.26. The Morgan fingerprint density at radius 2 is 1.67 bits per heavy atom. The van der Waals surface area contributed by atoms with Gasteiger partial charge in [0, 0.05) is 0 Å². The molecule has 1 saturated heterocycles. The minimum absolute atomic E-state index is 0.00232. The van der Waals surface area contributed by atoms with Gasteiger partial charge in [0.15, 0.2) is 11.2 Å². The lowest BCUT2D eigenvalue weighted by molar-refractivity contribution is -0.212. The number of carbonyl (C=O) groups is 2. The molecular weight excluding hydrogens is 613 g/mol. The molecule has 1 aliphatic heterocycles. The number of esters is 2. The van der Waals surface area contributed by atoms with Crippen molar-refractivity contribution in [3.8, 4) is 5.88 Å². The fourth-order valence-electron chi connectivity index (χ4n) is 5.16. The summed E-state index contributed by atoms with van der Waals surface area (Å²) in [6.45, 7) is 8.26. The summed E-state index contributed by atoms with van der Waals surface area (Å²) in [5.74, 6) is -1.30. The number of nitrogens with two attached hydrogens (primary N) is 1. The Labute approximate surface area is 262 Å². The highest BCUT2D eigenvalue weighted by molar-refractivity contribution is 7.54. The number of nitrogens with one attached hydrogen (secondary N) is 2. The number of aliphatic hydroxyl groups excluding tert-OH is 1. The van der Waals surface area contributed by atoms with Gasteiger partial charge in [0.2, 0.25) is 11.8 Å². The third-order valence-corrected chi connectivity index (χ3v) is 9.30. The van der Waals surface area contributed by atoms with Crippen molar-refractivity contribution in [2.24, 2.45) is 11.8 Å².